The zero-order chi connectivity index (χ0) is 14.1. The number of aliphatic hydroxyl groups excluding tert-OH is 1. The molecule has 1 aromatic rings. The molecule has 5 heteroatoms. The predicted octanol–water partition coefficient (Wildman–Crippen LogP) is 1.91. The highest BCUT2D eigenvalue weighted by molar-refractivity contribution is 7.10. The average molecular weight is 294 g/mol. The summed E-state index contributed by atoms with van der Waals surface area (Å²) in [6, 6.07) is 4.93. The number of hydrogen-bond acceptors (Lipinski definition) is 4. The lowest BCUT2D eigenvalue weighted by Gasteiger charge is -2.36. The van der Waals surface area contributed by atoms with Gasteiger partial charge in [0.05, 0.1) is 18.7 Å². The van der Waals surface area contributed by atoms with Gasteiger partial charge in [-0.2, -0.15) is 0 Å². The second-order valence-corrected chi connectivity index (χ2v) is 6.97. The lowest BCUT2D eigenvalue weighted by Crippen LogP contribution is -2.49. The van der Waals surface area contributed by atoms with Crippen LogP contribution in [0.5, 0.6) is 0 Å². The van der Waals surface area contributed by atoms with Gasteiger partial charge in [0.25, 0.3) is 0 Å². The molecule has 1 amide bonds. The van der Waals surface area contributed by atoms with Crippen molar-refractivity contribution in [3.8, 4) is 0 Å². The van der Waals surface area contributed by atoms with Gasteiger partial charge in [0, 0.05) is 17.0 Å². The molecule has 3 atom stereocenters. The minimum absolute atomic E-state index is 0.0792. The van der Waals surface area contributed by atoms with Crippen molar-refractivity contribution in [2.45, 2.75) is 56.8 Å². The molecule has 2 aliphatic heterocycles. The zero-order valence-corrected chi connectivity index (χ0v) is 12.6. The smallest absolute Gasteiger partial charge is 0.234 e. The van der Waals surface area contributed by atoms with Gasteiger partial charge in [0.1, 0.15) is 0 Å². The number of nitrogens with one attached hydrogen (secondary N) is 1. The van der Waals surface area contributed by atoms with E-state index in [9.17, 15) is 9.90 Å². The number of amides is 1. The molecule has 2 N–H and O–H groups in total. The van der Waals surface area contributed by atoms with Crippen LogP contribution in [0.1, 0.15) is 43.5 Å². The van der Waals surface area contributed by atoms with Crippen molar-refractivity contribution in [3.63, 3.8) is 0 Å². The van der Waals surface area contributed by atoms with Gasteiger partial charge in [-0.05, 0) is 44.1 Å². The lowest BCUT2D eigenvalue weighted by molar-refractivity contribution is -0.124. The normalized spacial score (nSPS) is 31.2. The third-order valence-corrected chi connectivity index (χ3v) is 5.59. The highest BCUT2D eigenvalue weighted by Gasteiger charge is 2.40. The number of aliphatic hydroxyl groups is 1. The second-order valence-electron chi connectivity index (χ2n) is 5.99. The Balaban J connectivity index is 1.54. The van der Waals surface area contributed by atoms with E-state index in [1.165, 1.54) is 4.88 Å². The summed E-state index contributed by atoms with van der Waals surface area (Å²) in [7, 11) is 0. The molecular weight excluding hydrogens is 272 g/mol. The van der Waals surface area contributed by atoms with Gasteiger partial charge in [0.2, 0.25) is 5.91 Å². The number of fused-ring (bicyclic) bond motifs is 2. The standard InChI is InChI=1S/C15H22N2O2S/c1-10(14-3-2-6-20-14)16-15(19)9-17-11-4-5-12(17)8-13(18)7-11/h2-3,6,10-13,18H,4-5,7-9H2,1H3,(H,16,19). The minimum Gasteiger partial charge on any atom is -0.393 e. The van der Waals surface area contributed by atoms with E-state index < -0.39 is 0 Å². The number of nitrogens with zero attached hydrogens (tertiary/aromatic N) is 1. The van der Waals surface area contributed by atoms with Gasteiger partial charge in [-0.1, -0.05) is 6.07 Å². The van der Waals surface area contributed by atoms with E-state index >= 15 is 0 Å². The molecule has 4 nitrogen and oxygen atoms in total. The van der Waals surface area contributed by atoms with Crippen LogP contribution >= 0.6 is 11.3 Å². The van der Waals surface area contributed by atoms with Crippen molar-refractivity contribution in [3.05, 3.63) is 22.4 Å². The summed E-state index contributed by atoms with van der Waals surface area (Å²) in [5, 5.41) is 14.9. The molecular formula is C15H22N2O2S. The molecule has 20 heavy (non-hydrogen) atoms. The van der Waals surface area contributed by atoms with Crippen molar-refractivity contribution < 1.29 is 9.90 Å². The summed E-state index contributed by atoms with van der Waals surface area (Å²) in [4.78, 5) is 15.7. The fraction of sp³-hybridized carbons (Fsp3) is 0.667. The van der Waals surface area contributed by atoms with Crippen molar-refractivity contribution in [1.82, 2.24) is 10.2 Å². The third kappa shape index (κ3) is 2.90. The Hall–Kier alpha value is -0.910. The van der Waals surface area contributed by atoms with Crippen LogP contribution in [0.4, 0.5) is 0 Å². The molecule has 2 aliphatic rings. The highest BCUT2D eigenvalue weighted by Crippen LogP contribution is 2.35. The molecule has 0 aliphatic carbocycles. The van der Waals surface area contributed by atoms with E-state index in [1.54, 1.807) is 11.3 Å². The van der Waals surface area contributed by atoms with Crippen LogP contribution in [0.2, 0.25) is 0 Å². The Bertz CT molecular complexity index is 448. The summed E-state index contributed by atoms with van der Waals surface area (Å²) in [5.74, 6) is 0.0965. The molecule has 3 heterocycles. The van der Waals surface area contributed by atoms with Gasteiger partial charge in [-0.3, -0.25) is 9.69 Å². The molecule has 110 valence electrons. The lowest BCUT2D eigenvalue weighted by atomic mass is 10.00. The van der Waals surface area contributed by atoms with Crippen LogP contribution in [0.25, 0.3) is 0 Å². The zero-order valence-electron chi connectivity index (χ0n) is 11.8. The maximum absolute atomic E-state index is 12.2. The van der Waals surface area contributed by atoms with Crippen molar-refractivity contribution in [2.24, 2.45) is 0 Å². The first-order chi connectivity index (χ1) is 9.63. The van der Waals surface area contributed by atoms with Crippen molar-refractivity contribution in [1.29, 1.82) is 0 Å². The molecule has 0 saturated carbocycles. The van der Waals surface area contributed by atoms with E-state index in [1.807, 2.05) is 18.4 Å². The monoisotopic (exact) mass is 294 g/mol. The first-order valence-electron chi connectivity index (χ1n) is 7.40. The summed E-state index contributed by atoms with van der Waals surface area (Å²) in [6.45, 7) is 2.50. The van der Waals surface area contributed by atoms with Crippen LogP contribution in [-0.2, 0) is 4.79 Å². The van der Waals surface area contributed by atoms with Crippen LogP contribution in [0.3, 0.4) is 0 Å². The summed E-state index contributed by atoms with van der Waals surface area (Å²) in [5.41, 5.74) is 0. The maximum Gasteiger partial charge on any atom is 0.234 e. The molecule has 2 saturated heterocycles. The fourth-order valence-corrected chi connectivity index (χ4v) is 4.30. The van der Waals surface area contributed by atoms with Gasteiger partial charge in [-0.25, -0.2) is 0 Å². The van der Waals surface area contributed by atoms with Crippen molar-refractivity contribution in [2.75, 3.05) is 6.54 Å². The number of thiophene rings is 1. The fourth-order valence-electron chi connectivity index (χ4n) is 3.57. The Labute approximate surface area is 123 Å². The predicted molar refractivity (Wildman–Crippen MR) is 79.6 cm³/mol. The number of rotatable bonds is 4. The quantitative estimate of drug-likeness (QED) is 0.892. The first-order valence-corrected chi connectivity index (χ1v) is 8.28. The van der Waals surface area contributed by atoms with Gasteiger partial charge >= 0.3 is 0 Å². The molecule has 2 fully saturated rings. The van der Waals surface area contributed by atoms with Crippen LogP contribution < -0.4 is 5.32 Å². The Morgan fingerprint density at radius 2 is 2.20 bits per heavy atom. The second kappa shape index (κ2) is 5.84. The average Bonchev–Trinajstić information content (AvgIpc) is 2.99. The molecule has 1 aromatic heterocycles. The minimum atomic E-state index is -0.170. The van der Waals surface area contributed by atoms with Crippen LogP contribution in [0.15, 0.2) is 17.5 Å². The number of carbonyl (C=O) groups excluding carboxylic acids is 1. The van der Waals surface area contributed by atoms with E-state index in [-0.39, 0.29) is 18.1 Å². The van der Waals surface area contributed by atoms with E-state index in [0.29, 0.717) is 18.6 Å². The third-order valence-electron chi connectivity index (χ3n) is 4.53. The number of carbonyl (C=O) groups is 1. The molecule has 0 spiro atoms. The largest absolute Gasteiger partial charge is 0.393 e. The molecule has 0 radical (unpaired) electrons. The summed E-state index contributed by atoms with van der Waals surface area (Å²) >= 11 is 1.67. The highest BCUT2D eigenvalue weighted by atomic mass is 32.1. The Kier molecular flexibility index (Phi) is 4.10. The molecule has 3 rings (SSSR count). The Morgan fingerprint density at radius 3 is 2.80 bits per heavy atom. The number of piperidine rings is 1. The maximum atomic E-state index is 12.2. The Morgan fingerprint density at radius 1 is 1.50 bits per heavy atom. The molecule has 0 aromatic carbocycles. The molecule has 3 unspecified atom stereocenters. The van der Waals surface area contributed by atoms with Gasteiger partial charge in [0.15, 0.2) is 0 Å². The van der Waals surface area contributed by atoms with Crippen LogP contribution in [-0.4, -0.2) is 40.6 Å². The number of hydrogen-bond donors (Lipinski definition) is 2. The van der Waals surface area contributed by atoms with Gasteiger partial charge in [-0.15, -0.1) is 11.3 Å². The van der Waals surface area contributed by atoms with Gasteiger partial charge < -0.3 is 10.4 Å². The first kappa shape index (κ1) is 14.0. The summed E-state index contributed by atoms with van der Waals surface area (Å²) < 4.78 is 0. The van der Waals surface area contributed by atoms with E-state index in [4.69, 9.17) is 0 Å². The topological polar surface area (TPSA) is 52.6 Å². The van der Waals surface area contributed by atoms with Crippen molar-refractivity contribution >= 4 is 17.2 Å². The van der Waals surface area contributed by atoms with Crippen LogP contribution in [0, 0.1) is 0 Å². The SMILES string of the molecule is CC(NC(=O)CN1C2CCC1CC(O)C2)c1cccs1. The summed E-state index contributed by atoms with van der Waals surface area (Å²) in [6.07, 6.45) is 3.72. The molecule has 2 bridgehead atoms. The van der Waals surface area contributed by atoms with E-state index in [0.717, 1.165) is 25.7 Å². The van der Waals surface area contributed by atoms with E-state index in [2.05, 4.69) is 16.3 Å².